The van der Waals surface area contributed by atoms with Gasteiger partial charge in [-0.3, -0.25) is 0 Å². The van der Waals surface area contributed by atoms with Crippen molar-refractivity contribution in [1.82, 2.24) is 15.1 Å². The Bertz CT molecular complexity index is 981. The normalized spacial score (nSPS) is 11.1. The molecule has 6 nitrogen and oxygen atoms in total. The molecule has 0 spiro atoms. The topological polar surface area (TPSA) is 68.2 Å². The number of rotatable bonds is 4. The van der Waals surface area contributed by atoms with Crippen LogP contribution in [0.15, 0.2) is 57.9 Å². The Morgan fingerprint density at radius 2 is 2.08 bits per heavy atom. The monoisotopic (exact) mass is 340 g/mol. The fraction of sp³-hybridized carbons (Fsp3) is 0.118. The zero-order valence-corrected chi connectivity index (χ0v) is 13.6. The average Bonchev–Trinajstić information content (AvgIpc) is 3.23. The summed E-state index contributed by atoms with van der Waals surface area (Å²) in [5.41, 5.74) is 1.94. The van der Waals surface area contributed by atoms with Crippen LogP contribution in [0, 0.1) is 0 Å². The van der Waals surface area contributed by atoms with Gasteiger partial charge < -0.3 is 13.8 Å². The molecule has 24 heavy (non-hydrogen) atoms. The van der Waals surface area contributed by atoms with Gasteiger partial charge in [-0.1, -0.05) is 28.9 Å². The molecule has 0 aliphatic rings. The highest BCUT2D eigenvalue weighted by atomic mass is 35.5. The molecule has 4 rings (SSSR count). The maximum Gasteiger partial charge on any atom is 0.263 e. The van der Waals surface area contributed by atoms with Gasteiger partial charge in [0.1, 0.15) is 29.0 Å². The Labute approximate surface area is 142 Å². The lowest BCUT2D eigenvalue weighted by molar-refractivity contribution is 0.451. The molecule has 0 aliphatic heterocycles. The molecule has 0 fully saturated rings. The van der Waals surface area contributed by atoms with E-state index < -0.39 is 0 Å². The summed E-state index contributed by atoms with van der Waals surface area (Å²) in [7, 11) is 1.93. The third-order valence-corrected chi connectivity index (χ3v) is 3.92. The largest absolute Gasteiger partial charge is 0.467 e. The number of anilines is 1. The maximum absolute atomic E-state index is 6.10. The molecule has 0 amide bonds. The molecule has 0 N–H and O–H groups in total. The molecule has 0 unspecified atom stereocenters. The zero-order chi connectivity index (χ0) is 16.5. The van der Waals surface area contributed by atoms with Crippen LogP contribution in [0.1, 0.15) is 5.76 Å². The highest BCUT2D eigenvalue weighted by Crippen LogP contribution is 2.33. The van der Waals surface area contributed by atoms with E-state index in [0.717, 1.165) is 16.7 Å². The van der Waals surface area contributed by atoms with Gasteiger partial charge in [-0.15, -0.1) is 0 Å². The van der Waals surface area contributed by atoms with Crippen molar-refractivity contribution in [3.8, 4) is 11.3 Å². The number of fused-ring (bicyclic) bond motifs is 1. The van der Waals surface area contributed by atoms with Crippen molar-refractivity contribution in [1.29, 1.82) is 0 Å². The number of nitrogens with zero attached hydrogens (tertiary/aromatic N) is 4. The van der Waals surface area contributed by atoms with Crippen molar-refractivity contribution in [2.75, 3.05) is 11.9 Å². The Balaban J connectivity index is 1.82. The van der Waals surface area contributed by atoms with Crippen molar-refractivity contribution in [2.45, 2.75) is 6.54 Å². The van der Waals surface area contributed by atoms with E-state index in [1.54, 1.807) is 6.26 Å². The fourth-order valence-corrected chi connectivity index (χ4v) is 2.80. The maximum atomic E-state index is 6.10. The van der Waals surface area contributed by atoms with Crippen molar-refractivity contribution in [2.24, 2.45) is 0 Å². The van der Waals surface area contributed by atoms with E-state index >= 15 is 0 Å². The zero-order valence-electron chi connectivity index (χ0n) is 12.8. The van der Waals surface area contributed by atoms with Gasteiger partial charge in [0.05, 0.1) is 12.8 Å². The number of hydrogen-bond acceptors (Lipinski definition) is 6. The highest BCUT2D eigenvalue weighted by molar-refractivity contribution is 6.30. The Hall–Kier alpha value is -2.86. The van der Waals surface area contributed by atoms with Crippen molar-refractivity contribution >= 4 is 28.5 Å². The number of furan rings is 1. The summed E-state index contributed by atoms with van der Waals surface area (Å²) in [5.74, 6) is 1.55. The van der Waals surface area contributed by atoms with Crippen LogP contribution in [0.2, 0.25) is 5.02 Å². The predicted molar refractivity (Wildman–Crippen MR) is 90.9 cm³/mol. The van der Waals surface area contributed by atoms with E-state index in [1.165, 1.54) is 6.33 Å². The molecule has 0 saturated heterocycles. The first-order valence-corrected chi connectivity index (χ1v) is 7.70. The molecule has 0 atom stereocenters. The summed E-state index contributed by atoms with van der Waals surface area (Å²) in [6.07, 6.45) is 3.11. The summed E-state index contributed by atoms with van der Waals surface area (Å²) >= 11 is 6.10. The Morgan fingerprint density at radius 1 is 1.17 bits per heavy atom. The van der Waals surface area contributed by atoms with Crippen LogP contribution in [0.3, 0.4) is 0 Å². The minimum atomic E-state index is 0.432. The Kier molecular flexibility index (Phi) is 3.66. The van der Waals surface area contributed by atoms with E-state index in [2.05, 4.69) is 15.1 Å². The van der Waals surface area contributed by atoms with Crippen molar-refractivity contribution in [3.63, 3.8) is 0 Å². The first kappa shape index (κ1) is 14.7. The van der Waals surface area contributed by atoms with Crippen LogP contribution >= 0.6 is 11.6 Å². The molecule has 0 aliphatic carbocycles. The molecule has 4 aromatic rings. The van der Waals surface area contributed by atoms with Gasteiger partial charge in [0.2, 0.25) is 0 Å². The molecule has 3 aromatic heterocycles. The third-order valence-electron chi connectivity index (χ3n) is 3.69. The van der Waals surface area contributed by atoms with Gasteiger partial charge in [0, 0.05) is 17.6 Å². The molecule has 1 aromatic carbocycles. The summed E-state index contributed by atoms with van der Waals surface area (Å²) < 4.78 is 10.8. The molecule has 0 radical (unpaired) electrons. The minimum absolute atomic E-state index is 0.432. The molecule has 120 valence electrons. The SMILES string of the molecule is CN(Cc1ccco1)c1ncnc2onc(-c3cccc(Cl)c3)c12. The third kappa shape index (κ3) is 2.61. The second-order valence-corrected chi connectivity index (χ2v) is 5.79. The van der Waals surface area contributed by atoms with Crippen LogP contribution in [0.25, 0.3) is 22.4 Å². The number of hydrogen-bond donors (Lipinski definition) is 0. The molecule has 7 heteroatoms. The van der Waals surface area contributed by atoms with Crippen LogP contribution in [-0.4, -0.2) is 22.2 Å². The first-order valence-electron chi connectivity index (χ1n) is 7.32. The standard InChI is InChI=1S/C17H13ClN4O2/c1-22(9-13-6-3-7-23-13)16-14-15(11-4-2-5-12(18)8-11)21-24-17(14)20-10-19-16/h2-8,10H,9H2,1H3. The molecule has 3 heterocycles. The van der Waals surface area contributed by atoms with Crippen LogP contribution < -0.4 is 4.90 Å². The second kappa shape index (κ2) is 5.98. The molecular weight excluding hydrogens is 328 g/mol. The quantitative estimate of drug-likeness (QED) is 0.555. The Morgan fingerprint density at radius 3 is 2.88 bits per heavy atom. The van der Waals surface area contributed by atoms with Gasteiger partial charge in [-0.05, 0) is 24.3 Å². The predicted octanol–water partition coefficient (Wildman–Crippen LogP) is 4.17. The van der Waals surface area contributed by atoms with E-state index in [0.29, 0.717) is 28.8 Å². The van der Waals surface area contributed by atoms with E-state index in [-0.39, 0.29) is 0 Å². The van der Waals surface area contributed by atoms with Gasteiger partial charge in [-0.2, -0.15) is 4.98 Å². The minimum Gasteiger partial charge on any atom is -0.467 e. The van der Waals surface area contributed by atoms with Gasteiger partial charge in [-0.25, -0.2) is 4.98 Å². The molecule has 0 bridgehead atoms. The van der Waals surface area contributed by atoms with Crippen LogP contribution in [0.4, 0.5) is 5.82 Å². The van der Waals surface area contributed by atoms with Crippen LogP contribution in [-0.2, 0) is 6.54 Å². The highest BCUT2D eigenvalue weighted by Gasteiger charge is 2.19. The van der Waals surface area contributed by atoms with E-state index in [1.807, 2.05) is 48.3 Å². The summed E-state index contributed by atoms with van der Waals surface area (Å²) in [4.78, 5) is 10.5. The summed E-state index contributed by atoms with van der Waals surface area (Å²) in [6.45, 7) is 0.569. The summed E-state index contributed by atoms with van der Waals surface area (Å²) in [6, 6.07) is 11.2. The van der Waals surface area contributed by atoms with E-state index in [9.17, 15) is 0 Å². The second-order valence-electron chi connectivity index (χ2n) is 5.35. The molecular formula is C17H13ClN4O2. The van der Waals surface area contributed by atoms with Gasteiger partial charge >= 0.3 is 0 Å². The van der Waals surface area contributed by atoms with E-state index in [4.69, 9.17) is 20.5 Å². The number of halogens is 1. The molecule has 0 saturated carbocycles. The van der Waals surface area contributed by atoms with Crippen LogP contribution in [0.5, 0.6) is 0 Å². The van der Waals surface area contributed by atoms with Gasteiger partial charge in [0.15, 0.2) is 0 Å². The van der Waals surface area contributed by atoms with Crippen molar-refractivity contribution in [3.05, 3.63) is 59.8 Å². The summed E-state index contributed by atoms with van der Waals surface area (Å²) in [5, 5.41) is 5.54. The lowest BCUT2D eigenvalue weighted by Gasteiger charge is -2.17. The fourth-order valence-electron chi connectivity index (χ4n) is 2.61. The smallest absolute Gasteiger partial charge is 0.263 e. The average molecular weight is 341 g/mol. The first-order chi connectivity index (χ1) is 11.7. The lowest BCUT2D eigenvalue weighted by Crippen LogP contribution is -2.17. The lowest BCUT2D eigenvalue weighted by atomic mass is 10.1. The number of benzene rings is 1. The van der Waals surface area contributed by atoms with Gasteiger partial charge in [0.25, 0.3) is 5.71 Å². The number of aromatic nitrogens is 3. The van der Waals surface area contributed by atoms with Crippen molar-refractivity contribution < 1.29 is 8.94 Å².